The van der Waals surface area contributed by atoms with Crippen molar-refractivity contribution in [2.75, 3.05) is 37.7 Å². The lowest BCUT2D eigenvalue weighted by Crippen LogP contribution is -2.54. The van der Waals surface area contributed by atoms with Gasteiger partial charge in [-0.2, -0.15) is 18.4 Å². The molecule has 2 aromatic rings. The second-order valence-corrected chi connectivity index (χ2v) is 9.21. The van der Waals surface area contributed by atoms with E-state index in [0.717, 1.165) is 17.0 Å². The Bertz CT molecular complexity index is 1360. The van der Waals surface area contributed by atoms with Crippen LogP contribution < -0.4 is 4.90 Å². The fourth-order valence-corrected chi connectivity index (χ4v) is 5.11. The number of allylic oxidation sites excluding steroid dienone is 1. The van der Waals surface area contributed by atoms with Crippen molar-refractivity contribution in [1.29, 1.82) is 5.26 Å². The molecule has 0 N–H and O–H groups in total. The summed E-state index contributed by atoms with van der Waals surface area (Å²) in [6, 6.07) is 11.1. The zero-order valence-corrected chi connectivity index (χ0v) is 20.2. The molecule has 5 rings (SSSR count). The Labute approximate surface area is 216 Å². The third-order valence-corrected chi connectivity index (χ3v) is 6.95. The van der Waals surface area contributed by atoms with Crippen molar-refractivity contribution in [2.45, 2.75) is 25.1 Å². The molecule has 1 atom stereocenters. The topological polar surface area (TPSA) is 93.9 Å². The van der Waals surface area contributed by atoms with Crippen LogP contribution in [0.1, 0.15) is 35.6 Å². The largest absolute Gasteiger partial charge is 0.416 e. The van der Waals surface area contributed by atoms with E-state index in [0.29, 0.717) is 43.1 Å². The summed E-state index contributed by atoms with van der Waals surface area (Å²) in [7, 11) is 0. The van der Waals surface area contributed by atoms with Crippen LogP contribution in [0.2, 0.25) is 0 Å². The summed E-state index contributed by atoms with van der Waals surface area (Å²) in [5, 5.41) is 9.20. The zero-order valence-electron chi connectivity index (χ0n) is 20.2. The van der Waals surface area contributed by atoms with Crippen LogP contribution in [0.3, 0.4) is 0 Å². The third kappa shape index (κ3) is 4.63. The summed E-state index contributed by atoms with van der Waals surface area (Å²) < 4.78 is 45.8. The first-order valence-corrected chi connectivity index (χ1v) is 12.1. The SMILES string of the molecule is N#Cc1ccc(C2C3=C(CCC3=O)N(c3cccc(C(F)(F)F)c3)C(=O)N2CC(=O)N2CCOCC2)cc1. The number of morpholine rings is 1. The average molecular weight is 524 g/mol. The van der Waals surface area contributed by atoms with E-state index in [9.17, 15) is 32.8 Å². The van der Waals surface area contributed by atoms with E-state index in [4.69, 9.17) is 4.74 Å². The molecule has 1 saturated heterocycles. The highest BCUT2D eigenvalue weighted by Crippen LogP contribution is 2.45. The minimum atomic E-state index is -4.63. The average Bonchev–Trinajstić information content (AvgIpc) is 3.29. The van der Waals surface area contributed by atoms with Crippen molar-refractivity contribution in [3.63, 3.8) is 0 Å². The Morgan fingerprint density at radius 3 is 2.42 bits per heavy atom. The molecule has 0 bridgehead atoms. The van der Waals surface area contributed by atoms with E-state index in [1.807, 2.05) is 6.07 Å². The van der Waals surface area contributed by atoms with Gasteiger partial charge < -0.3 is 14.5 Å². The van der Waals surface area contributed by atoms with Gasteiger partial charge in [0.15, 0.2) is 5.78 Å². The second kappa shape index (κ2) is 9.95. The molecule has 1 fully saturated rings. The lowest BCUT2D eigenvalue weighted by molar-refractivity contribution is -0.137. The van der Waals surface area contributed by atoms with Gasteiger partial charge in [0, 0.05) is 30.8 Å². The number of nitrogens with zero attached hydrogens (tertiary/aromatic N) is 4. The molecule has 38 heavy (non-hydrogen) atoms. The van der Waals surface area contributed by atoms with Crippen molar-refractivity contribution in [3.8, 4) is 6.07 Å². The number of halogens is 3. The number of rotatable bonds is 4. The fraction of sp³-hybridized carbons (Fsp3) is 0.333. The van der Waals surface area contributed by atoms with E-state index in [1.54, 1.807) is 29.2 Å². The Morgan fingerprint density at radius 2 is 1.76 bits per heavy atom. The van der Waals surface area contributed by atoms with Crippen LogP contribution in [0, 0.1) is 11.3 Å². The molecule has 1 unspecified atom stereocenters. The van der Waals surface area contributed by atoms with Gasteiger partial charge in [-0.3, -0.25) is 14.5 Å². The van der Waals surface area contributed by atoms with E-state index in [1.165, 1.54) is 17.0 Å². The number of nitriles is 1. The maximum atomic E-state index is 14.0. The molecule has 1 aliphatic carbocycles. The minimum absolute atomic E-state index is 0.0332. The molecule has 0 saturated carbocycles. The van der Waals surface area contributed by atoms with Crippen LogP contribution in [-0.4, -0.2) is 60.4 Å². The number of urea groups is 1. The molecule has 196 valence electrons. The molecule has 8 nitrogen and oxygen atoms in total. The molecule has 2 aromatic carbocycles. The van der Waals surface area contributed by atoms with E-state index in [2.05, 4.69) is 0 Å². The van der Waals surface area contributed by atoms with Crippen molar-refractivity contribution in [1.82, 2.24) is 9.80 Å². The Hall–Kier alpha value is -4.17. The van der Waals surface area contributed by atoms with Gasteiger partial charge in [-0.1, -0.05) is 18.2 Å². The molecular formula is C27H23F3N4O4. The minimum Gasteiger partial charge on any atom is -0.378 e. The number of hydrogen-bond donors (Lipinski definition) is 0. The number of carbonyl (C=O) groups excluding carboxylic acids is 3. The van der Waals surface area contributed by atoms with Gasteiger partial charge in [0.1, 0.15) is 6.54 Å². The van der Waals surface area contributed by atoms with Gasteiger partial charge in [0.05, 0.1) is 42.1 Å². The standard InChI is InChI=1S/C27H23F3N4O4/c28-27(29,30)19-2-1-3-20(14-19)34-21-8-9-22(35)24(21)25(18-6-4-17(15-31)5-7-18)33(26(34)37)16-23(36)32-10-12-38-13-11-32/h1-7,14,25H,8-13,16H2. The highest BCUT2D eigenvalue weighted by atomic mass is 19.4. The Kier molecular flexibility index (Phi) is 6.67. The maximum Gasteiger partial charge on any atom is 0.416 e. The molecule has 2 aliphatic heterocycles. The van der Waals surface area contributed by atoms with Gasteiger partial charge in [-0.15, -0.1) is 0 Å². The number of hydrogen-bond acceptors (Lipinski definition) is 5. The smallest absolute Gasteiger partial charge is 0.378 e. The van der Waals surface area contributed by atoms with Crippen molar-refractivity contribution in [3.05, 3.63) is 76.5 Å². The molecule has 3 amide bonds. The Morgan fingerprint density at radius 1 is 1.05 bits per heavy atom. The molecule has 2 heterocycles. The number of carbonyl (C=O) groups is 3. The summed E-state index contributed by atoms with van der Waals surface area (Å²) >= 11 is 0. The first-order valence-electron chi connectivity index (χ1n) is 12.1. The van der Waals surface area contributed by atoms with Crippen molar-refractivity contribution < 1.29 is 32.3 Å². The van der Waals surface area contributed by atoms with Crippen LogP contribution in [0.25, 0.3) is 0 Å². The van der Waals surface area contributed by atoms with Crippen molar-refractivity contribution >= 4 is 23.4 Å². The predicted octanol–water partition coefficient (Wildman–Crippen LogP) is 4.04. The second-order valence-electron chi connectivity index (χ2n) is 9.21. The Balaban J connectivity index is 1.63. The summed E-state index contributed by atoms with van der Waals surface area (Å²) in [5.41, 5.74) is 0.529. The fourth-order valence-electron chi connectivity index (χ4n) is 5.11. The first-order chi connectivity index (χ1) is 18.2. The van der Waals surface area contributed by atoms with Gasteiger partial charge in [0.25, 0.3) is 0 Å². The van der Waals surface area contributed by atoms with Crippen LogP contribution >= 0.6 is 0 Å². The summed E-state index contributed by atoms with van der Waals surface area (Å²) in [6.45, 7) is 0.994. The van der Waals surface area contributed by atoms with Crippen molar-refractivity contribution in [2.24, 2.45) is 0 Å². The molecule has 0 radical (unpaired) electrons. The monoisotopic (exact) mass is 524 g/mol. The number of ether oxygens (including phenoxy) is 1. The van der Waals surface area contributed by atoms with Crippen LogP contribution in [0.15, 0.2) is 59.8 Å². The summed E-state index contributed by atoms with van der Waals surface area (Å²) in [4.78, 5) is 44.4. The van der Waals surface area contributed by atoms with Crippen LogP contribution in [-0.2, 0) is 20.5 Å². The predicted molar refractivity (Wildman–Crippen MR) is 129 cm³/mol. The lowest BCUT2D eigenvalue weighted by atomic mass is 9.92. The number of anilines is 1. The molecular weight excluding hydrogens is 501 g/mol. The quantitative estimate of drug-likeness (QED) is 0.602. The third-order valence-electron chi connectivity index (χ3n) is 6.95. The maximum absolute atomic E-state index is 14.0. The normalized spacial score (nSPS) is 20.1. The van der Waals surface area contributed by atoms with Crippen LogP contribution in [0.4, 0.5) is 23.7 Å². The molecule has 0 spiro atoms. The highest BCUT2D eigenvalue weighted by molar-refractivity contribution is 6.08. The summed E-state index contributed by atoms with van der Waals surface area (Å²) in [5.74, 6) is -0.610. The highest BCUT2D eigenvalue weighted by Gasteiger charge is 2.47. The number of Topliss-reactive ketones (excluding diaryl/α,β-unsaturated/α-hetero) is 1. The molecule has 0 aromatic heterocycles. The van der Waals surface area contributed by atoms with E-state index < -0.39 is 23.8 Å². The molecule has 3 aliphatic rings. The van der Waals surface area contributed by atoms with Crippen LogP contribution in [0.5, 0.6) is 0 Å². The zero-order chi connectivity index (χ0) is 27.0. The molecule has 11 heteroatoms. The van der Waals surface area contributed by atoms with Gasteiger partial charge >= 0.3 is 12.2 Å². The summed E-state index contributed by atoms with van der Waals surface area (Å²) in [6.07, 6.45) is -4.37. The first kappa shape index (κ1) is 25.5. The number of ketones is 1. The van der Waals surface area contributed by atoms with Gasteiger partial charge in [-0.05, 0) is 42.3 Å². The van der Waals surface area contributed by atoms with E-state index in [-0.39, 0.29) is 42.3 Å². The number of benzene rings is 2. The lowest BCUT2D eigenvalue weighted by Gasteiger charge is -2.42. The van der Waals surface area contributed by atoms with Gasteiger partial charge in [0.2, 0.25) is 5.91 Å². The number of amides is 3. The van der Waals surface area contributed by atoms with E-state index >= 15 is 0 Å². The number of alkyl halides is 3. The van der Waals surface area contributed by atoms with Gasteiger partial charge in [-0.25, -0.2) is 4.79 Å².